The minimum Gasteiger partial charge on any atom is -0.399 e. The van der Waals surface area contributed by atoms with E-state index in [1.54, 1.807) is 23.1 Å². The lowest BCUT2D eigenvalue weighted by atomic mass is 10.2. The molecule has 1 aromatic carbocycles. The molecular formula is C14H17N5O. The van der Waals surface area contributed by atoms with Gasteiger partial charge >= 0.3 is 0 Å². The number of anilines is 1. The first kappa shape index (κ1) is 12.7. The minimum absolute atomic E-state index is 0.0225. The second-order valence-electron chi connectivity index (χ2n) is 5.14. The first-order valence-electron chi connectivity index (χ1n) is 6.73. The smallest absolute Gasteiger partial charge is 0.241 e. The van der Waals surface area contributed by atoms with Crippen molar-refractivity contribution in [1.82, 2.24) is 20.1 Å². The number of hydrogen-bond donors (Lipinski definition) is 2. The largest absolute Gasteiger partial charge is 0.399 e. The normalized spacial score (nSPS) is 14.2. The van der Waals surface area contributed by atoms with Gasteiger partial charge in [0.1, 0.15) is 12.9 Å². The van der Waals surface area contributed by atoms with Crippen LogP contribution in [0.25, 0.3) is 11.4 Å². The maximum absolute atomic E-state index is 11.7. The Kier molecular flexibility index (Phi) is 3.37. The zero-order valence-corrected chi connectivity index (χ0v) is 11.1. The fourth-order valence-electron chi connectivity index (χ4n) is 1.92. The number of nitrogens with zero attached hydrogens (tertiary/aromatic N) is 3. The summed E-state index contributed by atoms with van der Waals surface area (Å²) in [6.07, 6.45) is 4.03. The molecule has 1 amide bonds. The molecule has 1 aliphatic rings. The van der Waals surface area contributed by atoms with Crippen molar-refractivity contribution in [2.45, 2.75) is 19.4 Å². The number of benzene rings is 1. The van der Waals surface area contributed by atoms with Crippen molar-refractivity contribution in [3.8, 4) is 11.4 Å². The molecule has 104 valence electrons. The van der Waals surface area contributed by atoms with Crippen molar-refractivity contribution < 1.29 is 4.79 Å². The molecule has 0 saturated heterocycles. The maximum atomic E-state index is 11.7. The van der Waals surface area contributed by atoms with E-state index in [4.69, 9.17) is 5.73 Å². The molecule has 0 unspecified atom stereocenters. The van der Waals surface area contributed by atoms with Crippen LogP contribution < -0.4 is 11.1 Å². The average molecular weight is 271 g/mol. The summed E-state index contributed by atoms with van der Waals surface area (Å²) in [4.78, 5) is 15.9. The molecule has 6 heteroatoms. The van der Waals surface area contributed by atoms with Crippen molar-refractivity contribution in [1.29, 1.82) is 0 Å². The van der Waals surface area contributed by atoms with Crippen molar-refractivity contribution in [3.63, 3.8) is 0 Å². The summed E-state index contributed by atoms with van der Waals surface area (Å²) in [5.74, 6) is 1.26. The lowest BCUT2D eigenvalue weighted by molar-refractivity contribution is -0.121. The van der Waals surface area contributed by atoms with Gasteiger partial charge in [0.05, 0.1) is 0 Å². The number of aromatic nitrogens is 3. The van der Waals surface area contributed by atoms with Crippen LogP contribution in [-0.2, 0) is 11.3 Å². The van der Waals surface area contributed by atoms with Crippen LogP contribution in [0.1, 0.15) is 12.8 Å². The zero-order valence-electron chi connectivity index (χ0n) is 11.1. The highest BCUT2D eigenvalue weighted by atomic mass is 16.2. The topological polar surface area (TPSA) is 85.8 Å². The summed E-state index contributed by atoms with van der Waals surface area (Å²) < 4.78 is 1.55. The maximum Gasteiger partial charge on any atom is 0.241 e. The van der Waals surface area contributed by atoms with E-state index in [2.05, 4.69) is 15.4 Å². The monoisotopic (exact) mass is 271 g/mol. The van der Waals surface area contributed by atoms with Crippen molar-refractivity contribution >= 4 is 11.6 Å². The Bertz CT molecular complexity index is 600. The molecule has 1 aliphatic carbocycles. The van der Waals surface area contributed by atoms with Gasteiger partial charge in [0.2, 0.25) is 5.91 Å². The van der Waals surface area contributed by atoms with E-state index in [0.717, 1.165) is 12.1 Å². The summed E-state index contributed by atoms with van der Waals surface area (Å²) in [6, 6.07) is 7.33. The van der Waals surface area contributed by atoms with Gasteiger partial charge in [-0.2, -0.15) is 5.10 Å². The molecule has 0 aliphatic heterocycles. The molecular weight excluding hydrogens is 254 g/mol. The van der Waals surface area contributed by atoms with Crippen molar-refractivity contribution in [2.24, 2.45) is 5.92 Å². The molecule has 0 atom stereocenters. The molecule has 2 aromatic rings. The Balaban J connectivity index is 1.60. The number of carbonyl (C=O) groups excluding carboxylic acids is 1. The summed E-state index contributed by atoms with van der Waals surface area (Å²) in [7, 11) is 0. The van der Waals surface area contributed by atoms with Gasteiger partial charge in [-0.25, -0.2) is 9.67 Å². The molecule has 3 N–H and O–H groups in total. The molecule has 3 rings (SSSR count). The predicted molar refractivity (Wildman–Crippen MR) is 75.6 cm³/mol. The summed E-state index contributed by atoms with van der Waals surface area (Å²) in [5, 5.41) is 7.20. The van der Waals surface area contributed by atoms with Crippen LogP contribution in [0.5, 0.6) is 0 Å². The van der Waals surface area contributed by atoms with Crippen molar-refractivity contribution in [2.75, 3.05) is 12.3 Å². The van der Waals surface area contributed by atoms with Crippen LogP contribution in [0.15, 0.2) is 30.6 Å². The fraction of sp³-hybridized carbons (Fsp3) is 0.357. The lowest BCUT2D eigenvalue weighted by Gasteiger charge is -2.03. The Morgan fingerprint density at radius 3 is 2.80 bits per heavy atom. The predicted octanol–water partition coefficient (Wildman–Crippen LogP) is 1.05. The lowest BCUT2D eigenvalue weighted by Crippen LogP contribution is -2.29. The molecule has 0 spiro atoms. The van der Waals surface area contributed by atoms with Gasteiger partial charge in [0.15, 0.2) is 5.82 Å². The molecule has 0 radical (unpaired) electrons. The van der Waals surface area contributed by atoms with Crippen LogP contribution >= 0.6 is 0 Å². The second kappa shape index (κ2) is 5.32. The Morgan fingerprint density at radius 2 is 2.10 bits per heavy atom. The molecule has 6 nitrogen and oxygen atoms in total. The Morgan fingerprint density at radius 1 is 1.35 bits per heavy atom. The number of nitrogen functional groups attached to an aromatic ring is 1. The number of nitrogens with two attached hydrogens (primary N) is 1. The van der Waals surface area contributed by atoms with Crippen LogP contribution in [0.3, 0.4) is 0 Å². The quantitative estimate of drug-likeness (QED) is 0.796. The van der Waals surface area contributed by atoms with E-state index in [0.29, 0.717) is 17.4 Å². The molecule has 1 fully saturated rings. The summed E-state index contributed by atoms with van der Waals surface area (Å²) in [6.45, 7) is 0.979. The van der Waals surface area contributed by atoms with Crippen LogP contribution in [-0.4, -0.2) is 27.2 Å². The fourth-order valence-corrected chi connectivity index (χ4v) is 1.92. The van der Waals surface area contributed by atoms with E-state index >= 15 is 0 Å². The SMILES string of the molecule is Nc1ccc(-c2ncn(CC(=O)NCC3CC3)n2)cc1. The number of carbonyl (C=O) groups is 1. The van der Waals surface area contributed by atoms with Gasteiger partial charge in [-0.1, -0.05) is 0 Å². The first-order valence-corrected chi connectivity index (χ1v) is 6.73. The van der Waals surface area contributed by atoms with E-state index in [1.807, 2.05) is 12.1 Å². The summed E-state index contributed by atoms with van der Waals surface area (Å²) in [5.41, 5.74) is 7.23. The average Bonchev–Trinajstić information content (AvgIpc) is 3.16. The number of rotatable bonds is 5. The Hall–Kier alpha value is -2.37. The van der Waals surface area contributed by atoms with Crippen LogP contribution in [0.4, 0.5) is 5.69 Å². The van der Waals surface area contributed by atoms with Crippen LogP contribution in [0.2, 0.25) is 0 Å². The number of nitrogens with one attached hydrogen (secondary N) is 1. The molecule has 1 saturated carbocycles. The van der Waals surface area contributed by atoms with E-state index in [-0.39, 0.29) is 12.5 Å². The third kappa shape index (κ3) is 3.14. The van der Waals surface area contributed by atoms with Gasteiger partial charge < -0.3 is 11.1 Å². The van der Waals surface area contributed by atoms with E-state index in [9.17, 15) is 4.79 Å². The zero-order chi connectivity index (χ0) is 13.9. The highest BCUT2D eigenvalue weighted by Gasteiger charge is 2.21. The Labute approximate surface area is 117 Å². The second-order valence-corrected chi connectivity index (χ2v) is 5.14. The molecule has 1 heterocycles. The first-order chi connectivity index (χ1) is 9.70. The summed E-state index contributed by atoms with van der Waals surface area (Å²) >= 11 is 0. The van der Waals surface area contributed by atoms with Crippen LogP contribution in [0, 0.1) is 5.92 Å². The minimum atomic E-state index is -0.0225. The number of hydrogen-bond acceptors (Lipinski definition) is 4. The third-order valence-corrected chi connectivity index (χ3v) is 3.30. The van der Waals surface area contributed by atoms with Gasteiger partial charge in [0.25, 0.3) is 0 Å². The molecule has 20 heavy (non-hydrogen) atoms. The van der Waals surface area contributed by atoms with E-state index < -0.39 is 0 Å². The van der Waals surface area contributed by atoms with Gasteiger partial charge in [0, 0.05) is 17.8 Å². The molecule has 0 bridgehead atoms. The highest BCUT2D eigenvalue weighted by Crippen LogP contribution is 2.27. The highest BCUT2D eigenvalue weighted by molar-refractivity contribution is 5.75. The number of amides is 1. The van der Waals surface area contributed by atoms with E-state index in [1.165, 1.54) is 12.8 Å². The third-order valence-electron chi connectivity index (χ3n) is 3.30. The van der Waals surface area contributed by atoms with Crippen molar-refractivity contribution in [3.05, 3.63) is 30.6 Å². The van der Waals surface area contributed by atoms with Gasteiger partial charge in [-0.15, -0.1) is 0 Å². The standard InChI is InChI=1S/C14H17N5O/c15-12-5-3-11(4-6-12)14-17-9-19(18-14)8-13(20)16-7-10-1-2-10/h3-6,9-10H,1-2,7-8,15H2,(H,16,20). The molecule has 1 aromatic heterocycles. The van der Waals surface area contributed by atoms with Gasteiger partial charge in [-0.3, -0.25) is 4.79 Å². The van der Waals surface area contributed by atoms with Gasteiger partial charge in [-0.05, 0) is 43.0 Å².